The summed E-state index contributed by atoms with van der Waals surface area (Å²) in [5, 5.41) is 63.3. The van der Waals surface area contributed by atoms with Gasteiger partial charge in [-0.3, -0.25) is 38.9 Å². The Bertz CT molecular complexity index is 2050. The summed E-state index contributed by atoms with van der Waals surface area (Å²) in [5.74, 6) is -6.92. The third kappa shape index (κ3) is 15.1. The second-order valence-electron chi connectivity index (χ2n) is 16.8. The van der Waals surface area contributed by atoms with Gasteiger partial charge in [0.2, 0.25) is 41.2 Å². The van der Waals surface area contributed by atoms with Crippen LogP contribution in [0.25, 0.3) is 11.1 Å². The number of benzene rings is 2. The molecule has 1 aliphatic rings. The van der Waals surface area contributed by atoms with Crippen LogP contribution in [0, 0.1) is 16.0 Å². The Labute approximate surface area is 378 Å². The largest absolute Gasteiger partial charge is 0.507 e. The zero-order chi connectivity index (χ0) is 48.5. The van der Waals surface area contributed by atoms with Crippen LogP contribution in [-0.2, 0) is 40.0 Å². The van der Waals surface area contributed by atoms with Crippen LogP contribution in [0.1, 0.15) is 115 Å². The van der Waals surface area contributed by atoms with E-state index in [2.05, 4.69) is 35.1 Å². The molecule has 6 amide bonds. The van der Waals surface area contributed by atoms with E-state index < -0.39 is 107 Å². The van der Waals surface area contributed by atoms with Gasteiger partial charge in [-0.1, -0.05) is 77.7 Å². The number of nitro groups is 1. The van der Waals surface area contributed by atoms with Crippen molar-refractivity contribution in [3.05, 3.63) is 51.6 Å². The van der Waals surface area contributed by atoms with Crippen molar-refractivity contribution in [1.29, 1.82) is 0 Å². The van der Waals surface area contributed by atoms with Crippen LogP contribution < -0.4 is 21.3 Å². The van der Waals surface area contributed by atoms with E-state index in [1.54, 1.807) is 0 Å². The molecule has 2 aromatic rings. The molecule has 6 atom stereocenters. The number of aliphatic hydroxyl groups excluding tert-OH is 1. The number of unbranched alkanes of at least 4 members (excludes halogenated alkanes) is 7. The number of carboxylic acids is 1. The van der Waals surface area contributed by atoms with Gasteiger partial charge in [0.15, 0.2) is 0 Å². The van der Waals surface area contributed by atoms with Gasteiger partial charge in [-0.2, -0.15) is 0 Å². The number of fused-ring (bicyclic) bond motifs is 5. The van der Waals surface area contributed by atoms with Crippen LogP contribution in [0.15, 0.2) is 30.3 Å². The van der Waals surface area contributed by atoms with E-state index in [0.717, 1.165) is 53.5 Å². The average Bonchev–Trinajstić information content (AvgIpc) is 3.26. The van der Waals surface area contributed by atoms with Gasteiger partial charge in [0.25, 0.3) is 0 Å². The van der Waals surface area contributed by atoms with E-state index in [1.807, 2.05) is 0 Å². The molecule has 0 saturated heterocycles. The fourth-order valence-corrected chi connectivity index (χ4v) is 7.45. The first-order chi connectivity index (χ1) is 30.7. The zero-order valence-electron chi connectivity index (χ0n) is 38.1. The van der Waals surface area contributed by atoms with Gasteiger partial charge >= 0.3 is 11.7 Å². The first kappa shape index (κ1) is 53.0. The van der Waals surface area contributed by atoms with Crippen LogP contribution >= 0.6 is 0 Å². The van der Waals surface area contributed by atoms with E-state index in [4.69, 9.17) is 0 Å². The lowest BCUT2D eigenvalue weighted by molar-refractivity contribution is -0.385. The van der Waals surface area contributed by atoms with Gasteiger partial charge in [-0.25, -0.2) is 4.79 Å². The maximum Gasteiger partial charge on any atom is 0.326 e. The average molecular weight is 912 g/mol. The SMILES string of the molecule is CCC(C)CCCCCCCCCCC(=O)N(C)[C@H](CO)C(=O)N[C@H](C)C(=O)NCC(=O)N(C)[C@@H]1C(=O)N[C@@H](C)C(=O)N[C@H](C(=O)O)Cc2cc(c(O)c([N+](=O)[O-])c2)-c2cc1ccc2O. The minimum Gasteiger partial charge on any atom is -0.507 e. The van der Waals surface area contributed by atoms with Gasteiger partial charge in [-0.15, -0.1) is 0 Å². The molecule has 20 nitrogen and oxygen atoms in total. The molecular weight excluding hydrogens is 847 g/mol. The Kier molecular flexibility index (Phi) is 20.6. The van der Waals surface area contributed by atoms with E-state index in [1.165, 1.54) is 78.2 Å². The number of aliphatic carboxylic acids is 1. The second kappa shape index (κ2) is 25.2. The molecule has 0 saturated carbocycles. The summed E-state index contributed by atoms with van der Waals surface area (Å²) < 4.78 is 0. The maximum atomic E-state index is 13.9. The summed E-state index contributed by atoms with van der Waals surface area (Å²) in [7, 11) is 2.59. The first-order valence-electron chi connectivity index (χ1n) is 22.1. The molecule has 8 N–H and O–H groups in total. The van der Waals surface area contributed by atoms with E-state index in [-0.39, 0.29) is 34.6 Å². The summed E-state index contributed by atoms with van der Waals surface area (Å²) in [6, 6.07) is -1.52. The summed E-state index contributed by atoms with van der Waals surface area (Å²) in [6.45, 7) is 5.62. The molecule has 1 unspecified atom stereocenters. The molecule has 1 aliphatic heterocycles. The van der Waals surface area contributed by atoms with Crippen molar-refractivity contribution in [3.8, 4) is 22.6 Å². The van der Waals surface area contributed by atoms with Crippen molar-refractivity contribution in [2.75, 3.05) is 27.2 Å². The quantitative estimate of drug-likeness (QED) is 0.0479. The van der Waals surface area contributed by atoms with Crippen LogP contribution in [0.2, 0.25) is 0 Å². The molecular formula is C45H65N7O13. The number of phenolic OH excluding ortho intramolecular Hbond substituents is 2. The number of hydrogen-bond donors (Lipinski definition) is 8. The Balaban J connectivity index is 1.70. The van der Waals surface area contributed by atoms with E-state index in [0.29, 0.717) is 6.42 Å². The lowest BCUT2D eigenvalue weighted by Gasteiger charge is -2.30. The molecule has 4 bridgehead atoms. The summed E-state index contributed by atoms with van der Waals surface area (Å²) >= 11 is 0. The molecule has 2 aromatic carbocycles. The van der Waals surface area contributed by atoms with Gasteiger partial charge in [0, 0.05) is 44.1 Å². The Morgan fingerprint density at radius 2 is 1.51 bits per heavy atom. The van der Waals surface area contributed by atoms with Crippen molar-refractivity contribution in [2.45, 2.75) is 135 Å². The predicted molar refractivity (Wildman–Crippen MR) is 238 cm³/mol. The Morgan fingerprint density at radius 1 is 0.877 bits per heavy atom. The maximum absolute atomic E-state index is 13.9. The number of hydrogen-bond acceptors (Lipinski definition) is 12. The topological polar surface area (TPSA) is 298 Å². The van der Waals surface area contributed by atoms with Gasteiger partial charge in [0.1, 0.15) is 36.0 Å². The van der Waals surface area contributed by atoms with Crippen molar-refractivity contribution in [3.63, 3.8) is 0 Å². The van der Waals surface area contributed by atoms with Crippen molar-refractivity contribution < 1.29 is 58.9 Å². The number of nitrogens with zero attached hydrogens (tertiary/aromatic N) is 3. The highest BCUT2D eigenvalue weighted by atomic mass is 16.6. The molecule has 20 heteroatoms. The molecule has 65 heavy (non-hydrogen) atoms. The van der Waals surface area contributed by atoms with Crippen LogP contribution in [-0.4, -0.2) is 128 Å². The number of carbonyl (C=O) groups excluding carboxylic acids is 6. The van der Waals surface area contributed by atoms with Crippen LogP contribution in [0.3, 0.4) is 0 Å². The molecule has 358 valence electrons. The summed E-state index contributed by atoms with van der Waals surface area (Å²) in [6.07, 6.45) is 10.5. The number of likely N-dealkylation sites (N-methyl/N-ethyl adjacent to an activating group) is 2. The highest BCUT2D eigenvalue weighted by Crippen LogP contribution is 2.43. The van der Waals surface area contributed by atoms with E-state index in [9.17, 15) is 64.1 Å². The standard InChI is InChI=1S/C45H65N7O13/c1-7-26(2)16-14-12-10-8-9-11-13-15-17-37(55)50(5)35(25-53)43(60)47-27(3)41(58)46-24-38(56)51(6)39-30-18-19-36(54)31(23-30)32-20-29(22-34(40(32)57)52(64)65)21-33(45(62)63)49-42(59)28(4)48-44(39)61/h18-20,22-23,26-28,33,35,39,53-54,57H,7-17,21,24-25H2,1-6H3,(H,46,58)(H,47,60)(H,48,61)(H,49,59)(H,62,63)/t26?,27-,28+,33+,35-,39+/m1/s1. The molecule has 0 fully saturated rings. The lowest BCUT2D eigenvalue weighted by Crippen LogP contribution is -2.55. The number of aromatic hydroxyl groups is 2. The predicted octanol–water partition coefficient (Wildman–Crippen LogP) is 3.19. The fourth-order valence-electron chi connectivity index (χ4n) is 7.45. The van der Waals surface area contributed by atoms with E-state index >= 15 is 0 Å². The van der Waals surface area contributed by atoms with Gasteiger partial charge < -0.3 is 51.5 Å². The van der Waals surface area contributed by atoms with Crippen LogP contribution in [0.4, 0.5) is 5.69 Å². The molecule has 0 aromatic heterocycles. The minimum atomic E-state index is -1.65. The minimum absolute atomic E-state index is 0.00206. The normalized spacial score (nSPS) is 17.6. The third-order valence-electron chi connectivity index (χ3n) is 11.8. The molecule has 0 spiro atoms. The number of amides is 6. The van der Waals surface area contributed by atoms with Gasteiger partial charge in [-0.05, 0) is 55.5 Å². The van der Waals surface area contributed by atoms with Crippen molar-refractivity contribution >= 4 is 47.1 Å². The monoisotopic (exact) mass is 911 g/mol. The first-order valence-corrected chi connectivity index (χ1v) is 22.1. The molecule has 0 aliphatic carbocycles. The number of phenols is 2. The van der Waals surface area contributed by atoms with Crippen molar-refractivity contribution in [1.82, 2.24) is 31.1 Å². The van der Waals surface area contributed by atoms with Gasteiger partial charge in [0.05, 0.1) is 18.1 Å². The number of nitro benzene ring substituents is 1. The lowest BCUT2D eigenvalue weighted by atomic mass is 9.93. The number of aliphatic hydroxyl groups is 1. The Morgan fingerprint density at radius 3 is 2.11 bits per heavy atom. The third-order valence-corrected chi connectivity index (χ3v) is 11.8. The summed E-state index contributed by atoms with van der Waals surface area (Å²) in [4.78, 5) is 105. The summed E-state index contributed by atoms with van der Waals surface area (Å²) in [5.41, 5.74) is -1.38. The smallest absolute Gasteiger partial charge is 0.326 e. The number of carbonyl (C=O) groups is 7. The highest BCUT2D eigenvalue weighted by Gasteiger charge is 2.35. The van der Waals surface area contributed by atoms with Crippen LogP contribution in [0.5, 0.6) is 11.5 Å². The molecule has 3 rings (SSSR count). The highest BCUT2D eigenvalue weighted by molar-refractivity contribution is 5.96. The number of nitrogens with one attached hydrogen (secondary N) is 4. The number of rotatable bonds is 22. The molecule has 1 heterocycles. The second-order valence-corrected chi connectivity index (χ2v) is 16.8. The van der Waals surface area contributed by atoms with Crippen molar-refractivity contribution in [2.24, 2.45) is 5.92 Å². The Hall–Kier alpha value is -6.31. The fraction of sp³-hybridized carbons (Fsp3) is 0.578. The molecule has 0 radical (unpaired) electrons. The zero-order valence-corrected chi connectivity index (χ0v) is 38.1. The number of carboxylic acid groups (broad SMARTS) is 1.